The Balaban J connectivity index is 2.11. The molecular weight excluding hydrogens is 304 g/mol. The van der Waals surface area contributed by atoms with Gasteiger partial charge in [-0.25, -0.2) is 9.97 Å². The highest BCUT2D eigenvalue weighted by Crippen LogP contribution is 2.33. The van der Waals surface area contributed by atoms with Crippen molar-refractivity contribution >= 4 is 38.8 Å². The molecule has 104 valence electrons. The Labute approximate surface area is 130 Å². The number of hydrogen-bond acceptors (Lipinski definition) is 4. The number of rotatable bonds is 1. The topological polar surface area (TPSA) is 43.1 Å². The van der Waals surface area contributed by atoms with Gasteiger partial charge in [0.15, 0.2) is 11.5 Å². The van der Waals surface area contributed by atoms with Crippen molar-refractivity contribution in [1.29, 1.82) is 0 Å². The van der Waals surface area contributed by atoms with Gasteiger partial charge in [0, 0.05) is 10.4 Å². The summed E-state index contributed by atoms with van der Waals surface area (Å²) in [7, 11) is 0. The maximum absolute atomic E-state index is 6.25. The van der Waals surface area contributed by atoms with E-state index in [4.69, 9.17) is 11.6 Å². The standard InChI is InChI=1S/C15H11ClN4S/c1-8-9(2)21-14-11(8)13-17-12(10-6-4-3-5-7-10)19-20(13)15(16)18-14/h3-7H,1-2H3. The molecule has 6 heteroatoms. The highest BCUT2D eigenvalue weighted by Gasteiger charge is 2.17. The largest absolute Gasteiger partial charge is 0.227 e. The third-order valence-electron chi connectivity index (χ3n) is 3.60. The molecule has 0 bridgehead atoms. The fourth-order valence-electron chi connectivity index (χ4n) is 2.39. The van der Waals surface area contributed by atoms with E-state index >= 15 is 0 Å². The van der Waals surface area contributed by atoms with Gasteiger partial charge in [0.2, 0.25) is 5.28 Å². The molecule has 4 rings (SSSR count). The number of fused-ring (bicyclic) bond motifs is 3. The molecule has 0 aliphatic heterocycles. The Kier molecular flexibility index (Phi) is 2.74. The van der Waals surface area contributed by atoms with Gasteiger partial charge in [0.25, 0.3) is 0 Å². The molecule has 21 heavy (non-hydrogen) atoms. The van der Waals surface area contributed by atoms with Crippen LogP contribution in [0.1, 0.15) is 10.4 Å². The van der Waals surface area contributed by atoms with Gasteiger partial charge in [0.05, 0.1) is 5.39 Å². The minimum absolute atomic E-state index is 0.341. The molecule has 1 aromatic carbocycles. The summed E-state index contributed by atoms with van der Waals surface area (Å²) in [5.41, 5.74) is 2.93. The lowest BCUT2D eigenvalue weighted by Crippen LogP contribution is -1.93. The van der Waals surface area contributed by atoms with E-state index in [0.717, 1.165) is 21.4 Å². The minimum atomic E-state index is 0.341. The summed E-state index contributed by atoms with van der Waals surface area (Å²) in [5.74, 6) is 0.662. The number of nitrogens with zero attached hydrogens (tertiary/aromatic N) is 4. The first-order chi connectivity index (χ1) is 10.1. The monoisotopic (exact) mass is 314 g/mol. The van der Waals surface area contributed by atoms with E-state index in [0.29, 0.717) is 11.1 Å². The van der Waals surface area contributed by atoms with Gasteiger partial charge < -0.3 is 0 Å². The zero-order chi connectivity index (χ0) is 14.6. The summed E-state index contributed by atoms with van der Waals surface area (Å²) in [6, 6.07) is 9.88. The van der Waals surface area contributed by atoms with Crippen LogP contribution in [0.3, 0.4) is 0 Å². The van der Waals surface area contributed by atoms with E-state index in [1.165, 1.54) is 10.4 Å². The molecule has 3 aromatic heterocycles. The first-order valence-electron chi connectivity index (χ1n) is 6.52. The van der Waals surface area contributed by atoms with Crippen LogP contribution in [0, 0.1) is 13.8 Å². The van der Waals surface area contributed by atoms with E-state index in [2.05, 4.69) is 28.9 Å². The molecule has 0 saturated carbocycles. The van der Waals surface area contributed by atoms with Gasteiger partial charge in [-0.3, -0.25) is 0 Å². The van der Waals surface area contributed by atoms with Gasteiger partial charge in [-0.2, -0.15) is 4.52 Å². The third-order valence-corrected chi connectivity index (χ3v) is 4.94. The zero-order valence-electron chi connectivity index (χ0n) is 11.5. The zero-order valence-corrected chi connectivity index (χ0v) is 13.0. The second kappa shape index (κ2) is 4.51. The normalized spacial score (nSPS) is 11.6. The Hall–Kier alpha value is -1.98. The Morgan fingerprint density at radius 1 is 1.10 bits per heavy atom. The van der Waals surface area contributed by atoms with Crippen LogP contribution in [0.5, 0.6) is 0 Å². The van der Waals surface area contributed by atoms with Gasteiger partial charge in [-0.15, -0.1) is 16.4 Å². The van der Waals surface area contributed by atoms with Crippen LogP contribution in [-0.2, 0) is 0 Å². The van der Waals surface area contributed by atoms with Crippen LogP contribution in [0.2, 0.25) is 5.28 Å². The highest BCUT2D eigenvalue weighted by molar-refractivity contribution is 7.18. The predicted octanol–water partition coefficient (Wildman–Crippen LogP) is 4.28. The maximum atomic E-state index is 6.25. The number of thiophene rings is 1. The Morgan fingerprint density at radius 3 is 2.62 bits per heavy atom. The van der Waals surface area contributed by atoms with Gasteiger partial charge in [-0.1, -0.05) is 30.3 Å². The summed E-state index contributed by atoms with van der Waals surface area (Å²) < 4.78 is 1.62. The lowest BCUT2D eigenvalue weighted by atomic mass is 10.2. The average molecular weight is 315 g/mol. The molecule has 0 aliphatic rings. The molecule has 0 saturated heterocycles. The molecule has 4 nitrogen and oxygen atoms in total. The van der Waals surface area contributed by atoms with Crippen LogP contribution in [0.4, 0.5) is 0 Å². The predicted molar refractivity (Wildman–Crippen MR) is 86.1 cm³/mol. The summed E-state index contributed by atoms with van der Waals surface area (Å²) in [5, 5.41) is 5.88. The van der Waals surface area contributed by atoms with Crippen molar-refractivity contribution in [3.63, 3.8) is 0 Å². The second-order valence-corrected chi connectivity index (χ2v) is 6.42. The molecule has 3 heterocycles. The first-order valence-corrected chi connectivity index (χ1v) is 7.72. The van der Waals surface area contributed by atoms with Gasteiger partial charge >= 0.3 is 0 Å². The number of aromatic nitrogens is 4. The summed E-state index contributed by atoms with van der Waals surface area (Å²) in [4.78, 5) is 11.3. The highest BCUT2D eigenvalue weighted by atomic mass is 35.5. The smallest absolute Gasteiger partial charge is 0.207 e. The first kappa shape index (κ1) is 12.7. The van der Waals surface area contributed by atoms with Crippen LogP contribution in [0.15, 0.2) is 30.3 Å². The molecule has 0 atom stereocenters. The average Bonchev–Trinajstić information content (AvgIpc) is 3.03. The maximum Gasteiger partial charge on any atom is 0.227 e. The molecular formula is C15H11ClN4S. The van der Waals surface area contributed by atoms with Crippen molar-refractivity contribution in [3.05, 3.63) is 46.1 Å². The van der Waals surface area contributed by atoms with Crippen molar-refractivity contribution in [1.82, 2.24) is 19.6 Å². The minimum Gasteiger partial charge on any atom is -0.207 e. The molecule has 4 aromatic rings. The van der Waals surface area contributed by atoms with E-state index in [1.807, 2.05) is 30.3 Å². The van der Waals surface area contributed by atoms with Crippen LogP contribution < -0.4 is 0 Å². The molecule has 0 fully saturated rings. The van der Waals surface area contributed by atoms with Crippen molar-refractivity contribution in [2.24, 2.45) is 0 Å². The second-order valence-electron chi connectivity index (χ2n) is 4.88. The van der Waals surface area contributed by atoms with Gasteiger partial charge in [0.1, 0.15) is 4.83 Å². The number of halogens is 1. The quantitative estimate of drug-likeness (QED) is 0.493. The van der Waals surface area contributed by atoms with Gasteiger partial charge in [-0.05, 0) is 31.0 Å². The number of hydrogen-bond donors (Lipinski definition) is 0. The van der Waals surface area contributed by atoms with E-state index < -0.39 is 0 Å². The summed E-state index contributed by atoms with van der Waals surface area (Å²) >= 11 is 7.89. The molecule has 0 amide bonds. The van der Waals surface area contributed by atoms with Crippen LogP contribution in [0.25, 0.3) is 27.3 Å². The van der Waals surface area contributed by atoms with Crippen molar-refractivity contribution in [3.8, 4) is 11.4 Å². The molecule has 0 aliphatic carbocycles. The molecule has 0 N–H and O–H groups in total. The van der Waals surface area contributed by atoms with Crippen molar-refractivity contribution < 1.29 is 0 Å². The third kappa shape index (κ3) is 1.85. The van der Waals surface area contributed by atoms with Crippen LogP contribution >= 0.6 is 22.9 Å². The van der Waals surface area contributed by atoms with Crippen LogP contribution in [-0.4, -0.2) is 19.6 Å². The van der Waals surface area contributed by atoms with Crippen molar-refractivity contribution in [2.75, 3.05) is 0 Å². The molecule has 0 spiro atoms. The summed E-state index contributed by atoms with van der Waals surface area (Å²) in [6.07, 6.45) is 0. The number of aryl methyl sites for hydroxylation is 2. The molecule has 0 radical (unpaired) electrons. The summed E-state index contributed by atoms with van der Waals surface area (Å²) in [6.45, 7) is 4.17. The van der Waals surface area contributed by atoms with Crippen molar-refractivity contribution in [2.45, 2.75) is 13.8 Å². The van der Waals surface area contributed by atoms with E-state index in [-0.39, 0.29) is 0 Å². The van der Waals surface area contributed by atoms with E-state index in [1.54, 1.807) is 15.9 Å². The fourth-order valence-corrected chi connectivity index (χ4v) is 3.67. The Morgan fingerprint density at radius 2 is 1.86 bits per heavy atom. The number of benzene rings is 1. The molecule has 0 unspecified atom stereocenters. The Bertz CT molecular complexity index is 972. The fraction of sp³-hybridized carbons (Fsp3) is 0.133. The SMILES string of the molecule is Cc1sc2nc(Cl)n3nc(-c4ccccc4)nc3c2c1C. The lowest BCUT2D eigenvalue weighted by Gasteiger charge is -1.97. The van der Waals surface area contributed by atoms with E-state index in [9.17, 15) is 0 Å². The lowest BCUT2D eigenvalue weighted by molar-refractivity contribution is 0.940.